The molecule has 272 valence electrons. The molecule has 0 saturated heterocycles. The zero-order chi connectivity index (χ0) is 37.5. The Morgan fingerprint density at radius 3 is 1.00 bits per heavy atom. The molecule has 0 rings (SSSR count). The minimum Gasteiger partial charge on any atom is -0.226 e. The minimum absolute atomic E-state index is 4.67. The second-order valence-electron chi connectivity index (χ2n) is 8.14. The molecule has 45 heavy (non-hydrogen) atoms. The number of halogens is 23. The molecule has 6 nitrogen and oxygen atoms in total. The van der Waals surface area contributed by atoms with Crippen molar-refractivity contribution in [1.82, 2.24) is 0 Å². The Labute approximate surface area is 231 Å². The van der Waals surface area contributed by atoms with Gasteiger partial charge in [0.05, 0.1) is 0 Å². The SMILES string of the molecule is O=S(=O)(CC(F)(F)C(F)(F)C(F)(F)F)C(S(=O)(=O)C(F)(F)C(F)(F)CC(F)(F)F)S(=O)(=O)C(F)(F)C(F)(F)C(F)(F)C(F)(F)F. The van der Waals surface area contributed by atoms with E-state index in [1.807, 2.05) is 0 Å². The van der Waals surface area contributed by atoms with Crippen LogP contribution >= 0.6 is 0 Å². The summed E-state index contributed by atoms with van der Waals surface area (Å²) in [7, 11) is -28.6. The van der Waals surface area contributed by atoms with E-state index < -0.39 is 104 Å². The molecule has 0 aliphatic carbocycles. The van der Waals surface area contributed by atoms with Gasteiger partial charge in [-0.3, -0.25) is 0 Å². The van der Waals surface area contributed by atoms with Crippen molar-refractivity contribution >= 4 is 29.5 Å². The van der Waals surface area contributed by atoms with Gasteiger partial charge in [0.1, 0.15) is 12.2 Å². The van der Waals surface area contributed by atoms with E-state index in [1.165, 1.54) is 0 Å². The fourth-order valence-electron chi connectivity index (χ4n) is 2.52. The Morgan fingerprint density at radius 1 is 0.400 bits per heavy atom. The predicted octanol–water partition coefficient (Wildman–Crippen LogP) is 5.95. The van der Waals surface area contributed by atoms with E-state index in [4.69, 9.17) is 0 Å². The lowest BCUT2D eigenvalue weighted by Gasteiger charge is -2.36. The third-order valence-corrected chi connectivity index (χ3v) is 13.8. The molecule has 1 unspecified atom stereocenters. The summed E-state index contributed by atoms with van der Waals surface area (Å²) in [6, 6.07) is 0. The fraction of sp³-hybridized carbons (Fsp3) is 1.00. The lowest BCUT2D eigenvalue weighted by atomic mass is 10.1. The van der Waals surface area contributed by atoms with Gasteiger partial charge in [0.2, 0.25) is 0 Å². The van der Waals surface area contributed by atoms with Crippen LogP contribution in [0.4, 0.5) is 101 Å². The van der Waals surface area contributed by atoms with E-state index in [2.05, 4.69) is 0 Å². The van der Waals surface area contributed by atoms with Crippen molar-refractivity contribution in [2.24, 2.45) is 0 Å². The lowest BCUT2D eigenvalue weighted by Crippen LogP contribution is -2.67. The molecule has 0 amide bonds. The van der Waals surface area contributed by atoms with Crippen LogP contribution in [0.15, 0.2) is 0 Å². The molecule has 0 aromatic carbocycles. The molecule has 0 aliphatic heterocycles. The monoisotopic (exact) mass is 790 g/mol. The summed E-state index contributed by atoms with van der Waals surface area (Å²) in [5.41, 5.74) is 0. The summed E-state index contributed by atoms with van der Waals surface area (Å²) < 4.78 is 365. The largest absolute Gasteiger partial charge is 0.460 e. The van der Waals surface area contributed by atoms with Crippen molar-refractivity contribution < 1.29 is 126 Å². The molecule has 0 heterocycles. The van der Waals surface area contributed by atoms with E-state index >= 15 is 0 Å². The van der Waals surface area contributed by atoms with Crippen molar-refractivity contribution in [3.8, 4) is 0 Å². The molecule has 32 heteroatoms. The van der Waals surface area contributed by atoms with E-state index in [0.29, 0.717) is 0 Å². The average molecular weight is 790 g/mol. The lowest BCUT2D eigenvalue weighted by molar-refractivity contribution is -0.382. The van der Waals surface area contributed by atoms with Gasteiger partial charge in [-0.1, -0.05) is 0 Å². The molecular weight excluding hydrogens is 785 g/mol. The second-order valence-corrected chi connectivity index (χ2v) is 15.3. The van der Waals surface area contributed by atoms with E-state index in [0.717, 1.165) is 0 Å². The third-order valence-electron chi connectivity index (χ3n) is 4.68. The van der Waals surface area contributed by atoms with Crippen LogP contribution in [-0.2, 0) is 29.5 Å². The van der Waals surface area contributed by atoms with E-state index in [-0.39, 0.29) is 0 Å². The smallest absolute Gasteiger partial charge is 0.226 e. The maximum Gasteiger partial charge on any atom is 0.460 e. The minimum atomic E-state index is -9.95. The van der Waals surface area contributed by atoms with Crippen molar-refractivity contribution in [3.05, 3.63) is 0 Å². The molecule has 1 atom stereocenters. The zero-order valence-electron chi connectivity index (χ0n) is 19.4. The van der Waals surface area contributed by atoms with Gasteiger partial charge in [-0.15, -0.1) is 0 Å². The molecule has 0 saturated carbocycles. The highest BCUT2D eigenvalue weighted by Gasteiger charge is 2.88. The van der Waals surface area contributed by atoms with E-state index in [9.17, 15) is 126 Å². The number of hydrogen-bond acceptors (Lipinski definition) is 6. The van der Waals surface area contributed by atoms with Crippen LogP contribution in [0.5, 0.6) is 0 Å². The Balaban J connectivity index is 8.23. The summed E-state index contributed by atoms with van der Waals surface area (Å²) >= 11 is 0. The Bertz CT molecular complexity index is 1430. The Hall–Kier alpha value is -1.76. The predicted molar refractivity (Wildman–Crippen MR) is 92.8 cm³/mol. The summed E-state index contributed by atoms with van der Waals surface area (Å²) in [4.78, 5) is 0. The first-order chi connectivity index (χ1) is 18.8. The summed E-state index contributed by atoms with van der Waals surface area (Å²) in [6.45, 7) is 0. The van der Waals surface area contributed by atoms with Gasteiger partial charge in [0.25, 0.3) is 23.6 Å². The van der Waals surface area contributed by atoms with Crippen LogP contribution in [-0.4, -0.2) is 93.6 Å². The summed E-state index contributed by atoms with van der Waals surface area (Å²) in [6.07, 6.45) is -27.5. The number of rotatable bonds is 12. The maximum atomic E-state index is 14.2. The van der Waals surface area contributed by atoms with Gasteiger partial charge in [-0.2, -0.15) is 101 Å². The summed E-state index contributed by atoms with van der Waals surface area (Å²) in [5.74, 6) is -46.3. The van der Waals surface area contributed by atoms with Crippen LogP contribution in [0.3, 0.4) is 0 Å². The highest BCUT2D eigenvalue weighted by Crippen LogP contribution is 2.58. The van der Waals surface area contributed by atoms with Crippen LogP contribution in [0, 0.1) is 0 Å². The molecule has 0 aromatic rings. The normalized spacial score (nSPS) is 17.4. The first kappa shape index (κ1) is 43.2. The molecule has 0 fully saturated rings. The molecule has 0 spiro atoms. The van der Waals surface area contributed by atoms with Crippen LogP contribution < -0.4 is 0 Å². The van der Waals surface area contributed by atoms with Crippen LogP contribution in [0.1, 0.15) is 6.42 Å². The molecule has 0 aromatic heterocycles. The van der Waals surface area contributed by atoms with Gasteiger partial charge in [0, 0.05) is 0 Å². The highest BCUT2D eigenvalue weighted by atomic mass is 32.3. The van der Waals surface area contributed by atoms with Crippen LogP contribution in [0.2, 0.25) is 0 Å². The molecule has 0 N–H and O–H groups in total. The standard InChI is InChI=1S/C13H5F23O6S3/c14-4(15,1-6(18,19)20)12(33,34)44(39,40)3(43(37,38)2-5(16,17)7(21,22)10(27,28)29)45(41,42)13(35,36)9(25,26)8(23,24)11(30,31)32/h3H,1-2H2. The molecule has 0 bridgehead atoms. The fourth-order valence-corrected chi connectivity index (χ4v) is 11.1. The highest BCUT2D eigenvalue weighted by molar-refractivity contribution is 8.24. The second kappa shape index (κ2) is 10.9. The zero-order valence-corrected chi connectivity index (χ0v) is 21.8. The van der Waals surface area contributed by atoms with Gasteiger partial charge < -0.3 is 0 Å². The Morgan fingerprint density at radius 2 is 0.711 bits per heavy atom. The van der Waals surface area contributed by atoms with Crippen molar-refractivity contribution in [2.75, 3.05) is 5.75 Å². The quantitative estimate of drug-likeness (QED) is 0.227. The molecule has 0 aliphatic rings. The number of hydrogen-bond donors (Lipinski definition) is 0. The van der Waals surface area contributed by atoms with Crippen molar-refractivity contribution in [3.63, 3.8) is 0 Å². The topological polar surface area (TPSA) is 102 Å². The van der Waals surface area contributed by atoms with Crippen molar-refractivity contribution in [1.29, 1.82) is 0 Å². The summed E-state index contributed by atoms with van der Waals surface area (Å²) in [5, 5.41) is -17.4. The van der Waals surface area contributed by atoms with Gasteiger partial charge in [-0.05, 0) is 0 Å². The number of alkyl halides is 23. The van der Waals surface area contributed by atoms with E-state index in [1.54, 1.807) is 0 Å². The van der Waals surface area contributed by atoms with Gasteiger partial charge in [-0.25, -0.2) is 25.3 Å². The van der Waals surface area contributed by atoms with Gasteiger partial charge in [0.15, 0.2) is 9.84 Å². The van der Waals surface area contributed by atoms with Gasteiger partial charge >= 0.3 is 58.7 Å². The first-order valence-electron chi connectivity index (χ1n) is 9.31. The average Bonchev–Trinajstić information content (AvgIpc) is 2.67. The van der Waals surface area contributed by atoms with Crippen LogP contribution in [0.25, 0.3) is 0 Å². The first-order valence-corrected chi connectivity index (χ1v) is 14.1. The Kier molecular flexibility index (Phi) is 10.5. The maximum absolute atomic E-state index is 14.2. The number of sulfone groups is 3. The third kappa shape index (κ3) is 6.81. The van der Waals surface area contributed by atoms with Crippen molar-refractivity contribution in [2.45, 2.75) is 69.0 Å². The molecule has 0 radical (unpaired) electrons. The molecular formula is C13H5F23O6S3.